The fourth-order valence-corrected chi connectivity index (χ4v) is 6.42. The Hall–Kier alpha value is -1.14. The molecule has 5 rings (SSSR count). The van der Waals surface area contributed by atoms with Gasteiger partial charge in [-0.15, -0.1) is 17.5 Å². The predicted octanol–water partition coefficient (Wildman–Crippen LogP) is 2.49. The first kappa shape index (κ1) is 18.2. The molecule has 1 aromatic heterocycles. The van der Waals surface area contributed by atoms with Crippen molar-refractivity contribution in [3.63, 3.8) is 0 Å². The van der Waals surface area contributed by atoms with Crippen LogP contribution < -0.4 is 10.6 Å². The standard InChI is InChI=1S/C19H29N5O.ClH/c1-11-18(22-23-24(11)13-5-7-20-8-6-13)19(25)21-17-10-12-9-16(17)15-4-2-3-14(12)15;/h12-17,20H,2-10H2,1H3,(H,21,25);1H. The van der Waals surface area contributed by atoms with Crippen LogP contribution in [-0.2, 0) is 0 Å². The zero-order valence-electron chi connectivity index (χ0n) is 15.5. The summed E-state index contributed by atoms with van der Waals surface area (Å²) in [6.45, 7) is 4.02. The number of carbonyl (C=O) groups is 1. The van der Waals surface area contributed by atoms with Gasteiger partial charge < -0.3 is 10.6 Å². The van der Waals surface area contributed by atoms with Crippen LogP contribution in [-0.4, -0.2) is 40.0 Å². The molecular weight excluding hydrogens is 350 g/mol. The van der Waals surface area contributed by atoms with E-state index in [-0.39, 0.29) is 18.3 Å². The minimum absolute atomic E-state index is 0. The Labute approximate surface area is 161 Å². The van der Waals surface area contributed by atoms with E-state index >= 15 is 0 Å². The van der Waals surface area contributed by atoms with Gasteiger partial charge in [-0.25, -0.2) is 4.68 Å². The van der Waals surface area contributed by atoms with Gasteiger partial charge in [0.1, 0.15) is 0 Å². The lowest BCUT2D eigenvalue weighted by Gasteiger charge is -2.31. The van der Waals surface area contributed by atoms with Gasteiger partial charge in [0.25, 0.3) is 5.91 Å². The van der Waals surface area contributed by atoms with Gasteiger partial charge in [0.05, 0.1) is 11.7 Å². The summed E-state index contributed by atoms with van der Waals surface area (Å²) < 4.78 is 1.98. The Bertz CT molecular complexity index is 671. The highest BCUT2D eigenvalue weighted by Crippen LogP contribution is 2.58. The highest BCUT2D eigenvalue weighted by Gasteiger charge is 2.54. The van der Waals surface area contributed by atoms with Crippen LogP contribution in [0.25, 0.3) is 0 Å². The highest BCUT2D eigenvalue weighted by molar-refractivity contribution is 5.93. The third kappa shape index (κ3) is 2.85. The summed E-state index contributed by atoms with van der Waals surface area (Å²) in [6.07, 6.45) is 8.83. The zero-order valence-corrected chi connectivity index (χ0v) is 16.3. The van der Waals surface area contributed by atoms with E-state index in [1.54, 1.807) is 0 Å². The second kappa shape index (κ2) is 7.12. The van der Waals surface area contributed by atoms with Gasteiger partial charge in [0.2, 0.25) is 0 Å². The van der Waals surface area contributed by atoms with Gasteiger partial charge in [-0.3, -0.25) is 4.79 Å². The number of aromatic nitrogens is 3. The van der Waals surface area contributed by atoms with Gasteiger partial charge in [0.15, 0.2) is 5.69 Å². The second-order valence-corrected chi connectivity index (χ2v) is 8.68. The Morgan fingerprint density at radius 1 is 1.12 bits per heavy atom. The summed E-state index contributed by atoms with van der Waals surface area (Å²) in [5.41, 5.74) is 1.45. The summed E-state index contributed by atoms with van der Waals surface area (Å²) in [6, 6.07) is 0.734. The van der Waals surface area contributed by atoms with Crippen LogP contribution in [0.5, 0.6) is 0 Å². The van der Waals surface area contributed by atoms with Crippen molar-refractivity contribution < 1.29 is 4.79 Å². The van der Waals surface area contributed by atoms with Crippen LogP contribution in [0.3, 0.4) is 0 Å². The lowest BCUT2D eigenvalue weighted by atomic mass is 9.79. The number of hydrogen-bond donors (Lipinski definition) is 2. The number of amides is 1. The van der Waals surface area contributed by atoms with Gasteiger partial charge in [-0.1, -0.05) is 11.6 Å². The van der Waals surface area contributed by atoms with Crippen molar-refractivity contribution in [3.8, 4) is 0 Å². The molecule has 0 aromatic carbocycles. The van der Waals surface area contributed by atoms with Gasteiger partial charge in [-0.05, 0) is 82.2 Å². The summed E-state index contributed by atoms with van der Waals surface area (Å²) in [7, 11) is 0. The quantitative estimate of drug-likeness (QED) is 0.846. The highest BCUT2D eigenvalue weighted by atomic mass is 35.5. The van der Waals surface area contributed by atoms with Crippen molar-refractivity contribution in [2.45, 2.75) is 64.0 Å². The van der Waals surface area contributed by atoms with E-state index in [1.165, 1.54) is 32.1 Å². The molecule has 5 unspecified atom stereocenters. The number of halogens is 1. The molecule has 1 aromatic rings. The van der Waals surface area contributed by atoms with E-state index in [2.05, 4.69) is 20.9 Å². The van der Waals surface area contributed by atoms with Crippen LogP contribution in [0.4, 0.5) is 0 Å². The first-order valence-corrected chi connectivity index (χ1v) is 10.2. The maximum atomic E-state index is 12.8. The van der Waals surface area contributed by atoms with E-state index in [0.717, 1.165) is 49.4 Å². The Morgan fingerprint density at radius 3 is 2.69 bits per heavy atom. The summed E-state index contributed by atoms with van der Waals surface area (Å²) >= 11 is 0. The van der Waals surface area contributed by atoms with Crippen LogP contribution in [0.1, 0.15) is 67.2 Å². The monoisotopic (exact) mass is 379 g/mol. The number of piperidine rings is 1. The molecule has 26 heavy (non-hydrogen) atoms. The number of fused-ring (bicyclic) bond motifs is 5. The second-order valence-electron chi connectivity index (χ2n) is 8.68. The smallest absolute Gasteiger partial charge is 0.273 e. The van der Waals surface area contributed by atoms with Crippen LogP contribution >= 0.6 is 12.4 Å². The number of hydrogen-bond acceptors (Lipinski definition) is 4. The molecule has 3 saturated carbocycles. The first-order valence-electron chi connectivity index (χ1n) is 10.2. The van der Waals surface area contributed by atoms with E-state index in [4.69, 9.17) is 0 Å². The van der Waals surface area contributed by atoms with Crippen LogP contribution in [0.15, 0.2) is 0 Å². The Morgan fingerprint density at radius 2 is 1.88 bits per heavy atom. The van der Waals surface area contributed by atoms with Gasteiger partial charge in [-0.2, -0.15) is 0 Å². The third-order valence-electron chi connectivity index (χ3n) is 7.54. The average molecular weight is 380 g/mol. The number of nitrogens with zero attached hydrogens (tertiary/aromatic N) is 3. The number of rotatable bonds is 3. The molecule has 7 heteroatoms. The van der Waals surface area contributed by atoms with Gasteiger partial charge >= 0.3 is 0 Å². The molecular formula is C19H30ClN5O. The minimum atomic E-state index is -0.00946. The number of nitrogens with one attached hydrogen (secondary N) is 2. The van der Waals surface area contributed by atoms with E-state index < -0.39 is 0 Å². The van der Waals surface area contributed by atoms with Crippen LogP contribution in [0, 0.1) is 30.6 Å². The van der Waals surface area contributed by atoms with Crippen LogP contribution in [0.2, 0.25) is 0 Å². The lowest BCUT2D eigenvalue weighted by Crippen LogP contribution is -2.42. The summed E-state index contributed by atoms with van der Waals surface area (Å²) in [4.78, 5) is 12.8. The third-order valence-corrected chi connectivity index (χ3v) is 7.54. The van der Waals surface area contributed by atoms with Crippen molar-refractivity contribution in [1.29, 1.82) is 0 Å². The minimum Gasteiger partial charge on any atom is -0.348 e. The van der Waals surface area contributed by atoms with Crippen molar-refractivity contribution in [2.24, 2.45) is 23.7 Å². The lowest BCUT2D eigenvalue weighted by molar-refractivity contribution is 0.0895. The van der Waals surface area contributed by atoms with Crippen molar-refractivity contribution in [2.75, 3.05) is 13.1 Å². The van der Waals surface area contributed by atoms with Crippen molar-refractivity contribution >= 4 is 18.3 Å². The molecule has 2 heterocycles. The number of carbonyl (C=O) groups excluding carboxylic acids is 1. The molecule has 1 aliphatic heterocycles. The van der Waals surface area contributed by atoms with Gasteiger partial charge in [0, 0.05) is 6.04 Å². The Balaban J connectivity index is 0.00000168. The molecule has 2 bridgehead atoms. The van der Waals surface area contributed by atoms with E-state index in [1.807, 2.05) is 11.6 Å². The molecule has 4 fully saturated rings. The molecule has 0 radical (unpaired) electrons. The Kier molecular flexibility index (Phi) is 4.99. The SMILES string of the molecule is Cc1c(C(=O)NC2CC3CC2C2CCCC32)nnn1C1CCNCC1.Cl. The maximum Gasteiger partial charge on any atom is 0.273 e. The molecule has 6 nitrogen and oxygen atoms in total. The molecule has 3 aliphatic carbocycles. The van der Waals surface area contributed by atoms with E-state index in [0.29, 0.717) is 23.7 Å². The molecule has 1 amide bonds. The maximum absolute atomic E-state index is 12.8. The van der Waals surface area contributed by atoms with Crippen molar-refractivity contribution in [3.05, 3.63) is 11.4 Å². The van der Waals surface area contributed by atoms with E-state index in [9.17, 15) is 4.79 Å². The predicted molar refractivity (Wildman–Crippen MR) is 101 cm³/mol. The molecule has 1 saturated heterocycles. The first-order chi connectivity index (χ1) is 12.2. The average Bonchev–Trinajstić information content (AvgIpc) is 3.36. The molecule has 144 valence electrons. The molecule has 5 atom stereocenters. The topological polar surface area (TPSA) is 71.8 Å². The molecule has 0 spiro atoms. The summed E-state index contributed by atoms with van der Waals surface area (Å²) in [5, 5.41) is 15.3. The summed E-state index contributed by atoms with van der Waals surface area (Å²) in [5.74, 6) is 3.39. The molecule has 4 aliphatic rings. The van der Waals surface area contributed by atoms with Crippen molar-refractivity contribution in [1.82, 2.24) is 25.6 Å². The zero-order chi connectivity index (χ0) is 17.0. The normalized spacial score (nSPS) is 36.0. The fourth-order valence-electron chi connectivity index (χ4n) is 6.42. The largest absolute Gasteiger partial charge is 0.348 e. The fraction of sp³-hybridized carbons (Fsp3) is 0.842. The molecule has 2 N–H and O–H groups in total.